The molecule has 6 nitrogen and oxygen atoms in total. The summed E-state index contributed by atoms with van der Waals surface area (Å²) in [5.74, 6) is -0.524. The lowest BCUT2D eigenvalue weighted by molar-refractivity contribution is -0.384. The van der Waals surface area contributed by atoms with Gasteiger partial charge in [-0.05, 0) is 25.3 Å². The predicted octanol–water partition coefficient (Wildman–Crippen LogP) is 1.68. The highest BCUT2D eigenvalue weighted by molar-refractivity contribution is 5.84. The highest BCUT2D eigenvalue weighted by Crippen LogP contribution is 2.26. The van der Waals surface area contributed by atoms with E-state index in [0.29, 0.717) is 12.1 Å². The number of carbonyl (C=O) groups excluding carboxylic acids is 1. The van der Waals surface area contributed by atoms with Gasteiger partial charge in [0.2, 0.25) is 5.91 Å². The molecule has 1 aliphatic heterocycles. The van der Waals surface area contributed by atoms with Crippen LogP contribution in [-0.4, -0.2) is 40.0 Å². The first-order valence-corrected chi connectivity index (χ1v) is 6.70. The number of carbonyl (C=O) groups is 1. The Morgan fingerprint density at radius 3 is 3.00 bits per heavy atom. The highest BCUT2D eigenvalue weighted by atomic mass is 16.6. The van der Waals surface area contributed by atoms with E-state index in [1.165, 1.54) is 12.1 Å². The third kappa shape index (κ3) is 2.80. The lowest BCUT2D eigenvalue weighted by Gasteiger charge is -2.26. The van der Waals surface area contributed by atoms with E-state index in [2.05, 4.69) is 0 Å². The minimum absolute atomic E-state index is 0.0118. The Labute approximate surface area is 117 Å². The van der Waals surface area contributed by atoms with Gasteiger partial charge in [0.1, 0.15) is 0 Å². The van der Waals surface area contributed by atoms with E-state index in [9.17, 15) is 20.0 Å². The second-order valence-corrected chi connectivity index (χ2v) is 5.08. The van der Waals surface area contributed by atoms with Crippen molar-refractivity contribution >= 4 is 11.6 Å². The van der Waals surface area contributed by atoms with Gasteiger partial charge in [0.05, 0.1) is 23.5 Å². The molecule has 0 spiro atoms. The highest BCUT2D eigenvalue weighted by Gasteiger charge is 2.31. The van der Waals surface area contributed by atoms with Gasteiger partial charge in [-0.1, -0.05) is 12.1 Å². The van der Waals surface area contributed by atoms with Crippen molar-refractivity contribution in [2.75, 3.05) is 13.2 Å². The predicted molar refractivity (Wildman–Crippen MR) is 73.3 cm³/mol. The van der Waals surface area contributed by atoms with Gasteiger partial charge >= 0.3 is 0 Å². The zero-order valence-corrected chi connectivity index (χ0v) is 11.4. The third-order valence-electron chi connectivity index (χ3n) is 3.82. The van der Waals surface area contributed by atoms with E-state index in [4.69, 9.17) is 0 Å². The SMILES string of the molecule is CC(C(=O)N1CCC[C@@H]1CO)c1cccc([N+](=O)[O-])c1. The Morgan fingerprint density at radius 1 is 1.60 bits per heavy atom. The fraction of sp³-hybridized carbons (Fsp3) is 0.500. The minimum Gasteiger partial charge on any atom is -0.394 e. The van der Waals surface area contributed by atoms with Crippen LogP contribution in [0.25, 0.3) is 0 Å². The largest absolute Gasteiger partial charge is 0.394 e. The van der Waals surface area contributed by atoms with Crippen LogP contribution in [-0.2, 0) is 4.79 Å². The van der Waals surface area contributed by atoms with Crippen LogP contribution in [0.3, 0.4) is 0 Å². The number of aliphatic hydroxyl groups is 1. The van der Waals surface area contributed by atoms with E-state index >= 15 is 0 Å². The molecule has 1 unspecified atom stereocenters. The lowest BCUT2D eigenvalue weighted by Crippen LogP contribution is -2.39. The zero-order valence-electron chi connectivity index (χ0n) is 11.4. The van der Waals surface area contributed by atoms with Crippen LogP contribution in [0.2, 0.25) is 0 Å². The van der Waals surface area contributed by atoms with Gasteiger partial charge in [0.25, 0.3) is 5.69 Å². The molecule has 1 heterocycles. The molecule has 1 amide bonds. The van der Waals surface area contributed by atoms with Crippen molar-refractivity contribution in [1.29, 1.82) is 0 Å². The number of benzene rings is 1. The maximum atomic E-state index is 12.4. The van der Waals surface area contributed by atoms with Gasteiger partial charge in [0, 0.05) is 18.7 Å². The standard InChI is InChI=1S/C14H18N2O4/c1-10(11-4-2-5-12(8-11)16(19)20)14(18)15-7-3-6-13(15)9-17/h2,4-5,8,10,13,17H,3,6-7,9H2,1H3/t10?,13-/m1/s1. The van der Waals surface area contributed by atoms with E-state index in [-0.39, 0.29) is 24.2 Å². The van der Waals surface area contributed by atoms with Gasteiger partial charge in [-0.15, -0.1) is 0 Å². The maximum Gasteiger partial charge on any atom is 0.269 e. The van der Waals surface area contributed by atoms with Crippen LogP contribution in [0, 0.1) is 10.1 Å². The molecule has 0 saturated carbocycles. The Bertz CT molecular complexity index is 518. The summed E-state index contributed by atoms with van der Waals surface area (Å²) in [6.45, 7) is 2.35. The van der Waals surface area contributed by atoms with Crippen LogP contribution in [0.5, 0.6) is 0 Å². The maximum absolute atomic E-state index is 12.4. The molecule has 1 aromatic rings. The molecule has 1 saturated heterocycles. The number of amides is 1. The molecule has 6 heteroatoms. The van der Waals surface area contributed by atoms with Crippen LogP contribution in [0.15, 0.2) is 24.3 Å². The number of aliphatic hydroxyl groups excluding tert-OH is 1. The smallest absolute Gasteiger partial charge is 0.269 e. The number of likely N-dealkylation sites (tertiary alicyclic amines) is 1. The van der Waals surface area contributed by atoms with Crippen LogP contribution in [0.1, 0.15) is 31.2 Å². The zero-order chi connectivity index (χ0) is 14.7. The summed E-state index contributed by atoms with van der Waals surface area (Å²) in [5.41, 5.74) is 0.620. The molecule has 1 N–H and O–H groups in total. The van der Waals surface area contributed by atoms with Crippen LogP contribution in [0.4, 0.5) is 5.69 Å². The van der Waals surface area contributed by atoms with Crippen molar-refractivity contribution in [3.8, 4) is 0 Å². The van der Waals surface area contributed by atoms with Crippen molar-refractivity contribution in [2.45, 2.75) is 31.7 Å². The molecule has 1 aromatic carbocycles. The monoisotopic (exact) mass is 278 g/mol. The van der Waals surface area contributed by atoms with Gasteiger partial charge in [0.15, 0.2) is 0 Å². The third-order valence-corrected chi connectivity index (χ3v) is 3.82. The average Bonchev–Trinajstić information content (AvgIpc) is 2.94. The summed E-state index contributed by atoms with van der Waals surface area (Å²) in [6, 6.07) is 6.04. The normalized spacial score (nSPS) is 19.9. The number of rotatable bonds is 4. The van der Waals surface area contributed by atoms with Gasteiger partial charge < -0.3 is 10.0 Å². The second-order valence-electron chi connectivity index (χ2n) is 5.08. The summed E-state index contributed by atoms with van der Waals surface area (Å²) in [7, 11) is 0. The van der Waals surface area contributed by atoms with Gasteiger partial charge in [-0.3, -0.25) is 14.9 Å². The van der Waals surface area contributed by atoms with E-state index in [1.807, 2.05) is 0 Å². The lowest BCUT2D eigenvalue weighted by atomic mass is 9.99. The first-order chi connectivity index (χ1) is 9.54. The molecular formula is C14H18N2O4. The summed E-state index contributed by atoms with van der Waals surface area (Å²) in [4.78, 5) is 24.4. The van der Waals surface area contributed by atoms with Crippen molar-refractivity contribution in [1.82, 2.24) is 4.90 Å². The van der Waals surface area contributed by atoms with E-state index < -0.39 is 10.8 Å². The number of hydrogen-bond acceptors (Lipinski definition) is 4. The molecule has 0 aromatic heterocycles. The van der Waals surface area contributed by atoms with Gasteiger partial charge in [-0.2, -0.15) is 0 Å². The fourth-order valence-electron chi connectivity index (χ4n) is 2.61. The molecule has 0 radical (unpaired) electrons. The minimum atomic E-state index is -0.465. The van der Waals surface area contributed by atoms with Crippen LogP contribution < -0.4 is 0 Å². The average molecular weight is 278 g/mol. The van der Waals surface area contributed by atoms with Crippen LogP contribution >= 0.6 is 0 Å². The summed E-state index contributed by atoms with van der Waals surface area (Å²) in [5, 5.41) is 20.0. The molecule has 0 aliphatic carbocycles. The first kappa shape index (κ1) is 14.5. The molecule has 108 valence electrons. The Morgan fingerprint density at radius 2 is 2.35 bits per heavy atom. The second kappa shape index (κ2) is 6.00. The van der Waals surface area contributed by atoms with Crippen molar-refractivity contribution in [2.24, 2.45) is 0 Å². The molecule has 2 rings (SSSR count). The molecule has 2 atom stereocenters. The topological polar surface area (TPSA) is 83.7 Å². The molecule has 0 bridgehead atoms. The molecule has 1 aliphatic rings. The van der Waals surface area contributed by atoms with Crippen molar-refractivity contribution in [3.63, 3.8) is 0 Å². The number of nitro groups is 1. The number of non-ortho nitro benzene ring substituents is 1. The summed E-state index contributed by atoms with van der Waals surface area (Å²) >= 11 is 0. The Balaban J connectivity index is 2.18. The summed E-state index contributed by atoms with van der Waals surface area (Å²) < 4.78 is 0. The van der Waals surface area contributed by atoms with E-state index in [1.54, 1.807) is 24.0 Å². The molecule has 20 heavy (non-hydrogen) atoms. The number of nitrogens with zero attached hydrogens (tertiary/aromatic N) is 2. The molecule has 1 fully saturated rings. The number of nitro benzene ring substituents is 1. The van der Waals surface area contributed by atoms with Crippen molar-refractivity contribution in [3.05, 3.63) is 39.9 Å². The van der Waals surface area contributed by atoms with E-state index in [0.717, 1.165) is 12.8 Å². The Kier molecular flexibility index (Phi) is 4.34. The van der Waals surface area contributed by atoms with Gasteiger partial charge in [-0.25, -0.2) is 0 Å². The Hall–Kier alpha value is -1.95. The first-order valence-electron chi connectivity index (χ1n) is 6.70. The summed E-state index contributed by atoms with van der Waals surface area (Å²) in [6.07, 6.45) is 1.70. The molecular weight excluding hydrogens is 260 g/mol. The van der Waals surface area contributed by atoms with Crippen molar-refractivity contribution < 1.29 is 14.8 Å². The number of hydrogen-bond donors (Lipinski definition) is 1. The quantitative estimate of drug-likeness (QED) is 0.671. The fourth-order valence-corrected chi connectivity index (χ4v) is 2.61.